The van der Waals surface area contributed by atoms with Crippen molar-refractivity contribution in [1.82, 2.24) is 0 Å². The van der Waals surface area contributed by atoms with E-state index in [1.807, 2.05) is 18.2 Å². The fourth-order valence-corrected chi connectivity index (χ4v) is 2.09. The standard InChI is InChI=1S/C11H13BO2/c1-8-4-2-6-10-9(8)5-3-7-11(10)12(13)14/h2-7,9-10,13-14H,1H3. The van der Waals surface area contributed by atoms with Crippen molar-refractivity contribution in [2.75, 3.05) is 0 Å². The second-order valence-corrected chi connectivity index (χ2v) is 3.77. The van der Waals surface area contributed by atoms with Crippen molar-refractivity contribution in [3.8, 4) is 0 Å². The first-order valence-electron chi connectivity index (χ1n) is 4.79. The molecule has 0 amide bonds. The predicted molar refractivity (Wildman–Crippen MR) is 57.3 cm³/mol. The summed E-state index contributed by atoms with van der Waals surface area (Å²) in [5.74, 6) is 0.409. The van der Waals surface area contributed by atoms with Crippen molar-refractivity contribution in [2.24, 2.45) is 11.8 Å². The number of rotatable bonds is 1. The van der Waals surface area contributed by atoms with Crippen molar-refractivity contribution in [1.29, 1.82) is 0 Å². The first-order valence-corrected chi connectivity index (χ1v) is 4.79. The molecule has 2 aliphatic rings. The Hall–Kier alpha value is -1.06. The van der Waals surface area contributed by atoms with E-state index >= 15 is 0 Å². The van der Waals surface area contributed by atoms with Gasteiger partial charge in [-0.1, -0.05) is 42.0 Å². The largest absolute Gasteiger partial charge is 0.484 e. The highest BCUT2D eigenvalue weighted by Crippen LogP contribution is 2.35. The highest BCUT2D eigenvalue weighted by Gasteiger charge is 2.31. The lowest BCUT2D eigenvalue weighted by Crippen LogP contribution is -2.28. The summed E-state index contributed by atoms with van der Waals surface area (Å²) in [4.78, 5) is 0. The van der Waals surface area contributed by atoms with Crippen LogP contribution in [0.5, 0.6) is 0 Å². The molecule has 0 aromatic carbocycles. The van der Waals surface area contributed by atoms with Crippen molar-refractivity contribution in [3.63, 3.8) is 0 Å². The molecule has 72 valence electrons. The molecule has 0 aromatic rings. The Morgan fingerprint density at radius 1 is 1.07 bits per heavy atom. The Balaban J connectivity index is 2.33. The third kappa shape index (κ3) is 1.49. The summed E-state index contributed by atoms with van der Waals surface area (Å²) in [5.41, 5.74) is 1.95. The minimum Gasteiger partial charge on any atom is -0.423 e. The molecule has 0 aliphatic heterocycles. The normalized spacial score (nSPS) is 29.4. The zero-order chi connectivity index (χ0) is 10.1. The molecule has 2 unspecified atom stereocenters. The van der Waals surface area contributed by atoms with Gasteiger partial charge in [-0.05, 0) is 12.4 Å². The van der Waals surface area contributed by atoms with Crippen molar-refractivity contribution in [3.05, 3.63) is 47.5 Å². The van der Waals surface area contributed by atoms with E-state index in [1.54, 1.807) is 6.08 Å². The van der Waals surface area contributed by atoms with Crippen molar-refractivity contribution >= 4 is 7.12 Å². The number of allylic oxidation sites excluding steroid dienone is 8. The van der Waals surface area contributed by atoms with Crippen LogP contribution in [-0.2, 0) is 0 Å². The van der Waals surface area contributed by atoms with E-state index < -0.39 is 7.12 Å². The van der Waals surface area contributed by atoms with Crippen LogP contribution in [0.3, 0.4) is 0 Å². The average molecular weight is 188 g/mol. The quantitative estimate of drug-likeness (QED) is 0.607. The summed E-state index contributed by atoms with van der Waals surface area (Å²) >= 11 is 0. The summed E-state index contributed by atoms with van der Waals surface area (Å²) in [6.45, 7) is 2.07. The lowest BCUT2D eigenvalue weighted by atomic mass is 9.63. The van der Waals surface area contributed by atoms with Gasteiger partial charge in [-0.15, -0.1) is 0 Å². The molecule has 3 heteroatoms. The third-order valence-electron chi connectivity index (χ3n) is 2.88. The van der Waals surface area contributed by atoms with Crippen LogP contribution in [0.25, 0.3) is 0 Å². The molecule has 0 saturated carbocycles. The molecule has 0 saturated heterocycles. The lowest BCUT2D eigenvalue weighted by molar-refractivity contribution is 0.407. The maximum absolute atomic E-state index is 9.20. The summed E-state index contributed by atoms with van der Waals surface area (Å²) in [7, 11) is -1.34. The molecular weight excluding hydrogens is 175 g/mol. The number of hydrogen-bond acceptors (Lipinski definition) is 2. The third-order valence-corrected chi connectivity index (χ3v) is 2.88. The molecule has 0 aromatic heterocycles. The van der Waals surface area contributed by atoms with Gasteiger partial charge in [0, 0.05) is 11.8 Å². The van der Waals surface area contributed by atoms with Crippen LogP contribution in [0, 0.1) is 11.8 Å². The topological polar surface area (TPSA) is 40.5 Å². The second kappa shape index (κ2) is 3.60. The van der Waals surface area contributed by atoms with Gasteiger partial charge in [-0.25, -0.2) is 0 Å². The Labute approximate surface area is 84.1 Å². The smallest absolute Gasteiger partial charge is 0.423 e. The fourth-order valence-electron chi connectivity index (χ4n) is 2.09. The number of fused-ring (bicyclic) bond motifs is 1. The zero-order valence-corrected chi connectivity index (χ0v) is 8.09. The first kappa shape index (κ1) is 9.50. The van der Waals surface area contributed by atoms with Crippen LogP contribution >= 0.6 is 0 Å². The van der Waals surface area contributed by atoms with Crippen LogP contribution < -0.4 is 0 Å². The van der Waals surface area contributed by atoms with Crippen LogP contribution in [0.4, 0.5) is 0 Å². The maximum atomic E-state index is 9.20. The van der Waals surface area contributed by atoms with Gasteiger partial charge in [-0.3, -0.25) is 0 Å². The first-order chi connectivity index (χ1) is 6.70. The van der Waals surface area contributed by atoms with Gasteiger partial charge in [0.2, 0.25) is 0 Å². The fraction of sp³-hybridized carbons (Fsp3) is 0.273. The average Bonchev–Trinajstić information content (AvgIpc) is 2.17. The summed E-state index contributed by atoms with van der Waals surface area (Å²) in [5, 5.41) is 18.4. The molecule has 0 radical (unpaired) electrons. The Bertz CT molecular complexity index is 350. The maximum Gasteiger partial charge on any atom is 0.484 e. The van der Waals surface area contributed by atoms with E-state index in [0.29, 0.717) is 11.4 Å². The molecule has 0 spiro atoms. The Morgan fingerprint density at radius 3 is 2.43 bits per heavy atom. The van der Waals surface area contributed by atoms with E-state index in [2.05, 4.69) is 19.1 Å². The molecule has 2 N–H and O–H groups in total. The van der Waals surface area contributed by atoms with Gasteiger partial charge in [-0.2, -0.15) is 0 Å². The van der Waals surface area contributed by atoms with Gasteiger partial charge >= 0.3 is 7.12 Å². The van der Waals surface area contributed by atoms with E-state index in [4.69, 9.17) is 0 Å². The van der Waals surface area contributed by atoms with E-state index in [0.717, 1.165) is 0 Å². The molecule has 0 bridgehead atoms. The Morgan fingerprint density at radius 2 is 1.71 bits per heavy atom. The van der Waals surface area contributed by atoms with Gasteiger partial charge in [0.25, 0.3) is 0 Å². The lowest BCUT2D eigenvalue weighted by Gasteiger charge is -2.29. The summed E-state index contributed by atoms with van der Waals surface area (Å²) in [6, 6.07) is 0. The van der Waals surface area contributed by atoms with Gasteiger partial charge in [0.1, 0.15) is 0 Å². The van der Waals surface area contributed by atoms with Crippen molar-refractivity contribution < 1.29 is 10.0 Å². The molecule has 2 atom stereocenters. The van der Waals surface area contributed by atoms with Crippen LogP contribution in [-0.4, -0.2) is 17.2 Å². The van der Waals surface area contributed by atoms with E-state index in [-0.39, 0.29) is 5.92 Å². The SMILES string of the molecule is CC1=CC=CC2C(B(O)O)=CC=CC12. The number of hydrogen-bond donors (Lipinski definition) is 2. The molecular formula is C11H13BO2. The second-order valence-electron chi connectivity index (χ2n) is 3.77. The molecule has 14 heavy (non-hydrogen) atoms. The van der Waals surface area contributed by atoms with Crippen LogP contribution in [0.1, 0.15) is 6.92 Å². The molecule has 2 nitrogen and oxygen atoms in total. The minimum absolute atomic E-state index is 0.116. The zero-order valence-electron chi connectivity index (χ0n) is 8.09. The van der Waals surface area contributed by atoms with E-state index in [1.165, 1.54) is 5.57 Å². The minimum atomic E-state index is -1.34. The molecule has 0 fully saturated rings. The summed E-state index contributed by atoms with van der Waals surface area (Å²) in [6.07, 6.45) is 11.9. The van der Waals surface area contributed by atoms with Gasteiger partial charge < -0.3 is 10.0 Å². The van der Waals surface area contributed by atoms with Gasteiger partial charge in [0.05, 0.1) is 0 Å². The highest BCUT2D eigenvalue weighted by molar-refractivity contribution is 6.51. The predicted octanol–water partition coefficient (Wildman–Crippen LogP) is 1.24. The van der Waals surface area contributed by atoms with Crippen LogP contribution in [0.15, 0.2) is 47.5 Å². The Kier molecular flexibility index (Phi) is 2.44. The molecule has 2 rings (SSSR count). The monoisotopic (exact) mass is 188 g/mol. The van der Waals surface area contributed by atoms with Crippen molar-refractivity contribution in [2.45, 2.75) is 6.92 Å². The summed E-state index contributed by atoms with van der Waals surface area (Å²) < 4.78 is 0. The van der Waals surface area contributed by atoms with Gasteiger partial charge in [0.15, 0.2) is 0 Å². The van der Waals surface area contributed by atoms with E-state index in [9.17, 15) is 10.0 Å². The molecule has 0 heterocycles. The molecule has 2 aliphatic carbocycles. The van der Waals surface area contributed by atoms with Crippen LogP contribution in [0.2, 0.25) is 0 Å². The highest BCUT2D eigenvalue weighted by atomic mass is 16.4.